The first kappa shape index (κ1) is 6.89. The molecule has 0 N–H and O–H groups in total. The van der Waals surface area contributed by atoms with E-state index in [1.54, 1.807) is 6.39 Å². The summed E-state index contributed by atoms with van der Waals surface area (Å²) in [5, 5.41) is 0. The number of hydrogen-bond donors (Lipinski definition) is 0. The van der Waals surface area contributed by atoms with Crippen molar-refractivity contribution in [3.8, 4) is 0 Å². The number of aromatic nitrogens is 1. The van der Waals surface area contributed by atoms with Crippen LogP contribution in [0.1, 0.15) is 37.1 Å². The van der Waals surface area contributed by atoms with E-state index in [0.29, 0.717) is 0 Å². The molecule has 0 spiro atoms. The highest BCUT2D eigenvalue weighted by Crippen LogP contribution is 2.18. The Morgan fingerprint density at radius 3 is 2.82 bits per heavy atom. The summed E-state index contributed by atoms with van der Waals surface area (Å²) in [6.07, 6.45) is 9.03. The van der Waals surface area contributed by atoms with Gasteiger partial charge in [0.25, 0.3) is 0 Å². The second-order valence-corrected chi connectivity index (χ2v) is 3.14. The molecular weight excluding hydrogens is 138 g/mol. The Bertz CT molecular complexity index is 207. The van der Waals surface area contributed by atoms with E-state index >= 15 is 0 Å². The Morgan fingerprint density at radius 1 is 1.09 bits per heavy atom. The Morgan fingerprint density at radius 2 is 1.91 bits per heavy atom. The third-order valence-electron chi connectivity index (χ3n) is 2.29. The molecular formula is C9H13NO. The molecule has 0 saturated carbocycles. The number of oxazole rings is 1. The minimum Gasteiger partial charge on any atom is -0.448 e. The molecule has 0 unspecified atom stereocenters. The van der Waals surface area contributed by atoms with Gasteiger partial charge in [-0.1, -0.05) is 12.8 Å². The molecule has 11 heavy (non-hydrogen) atoms. The standard InChI is InChI=1S/C9H13NO/c1-2-4-6-9-8(5-3-1)10-7-11-9/h7H,1-6H2. The van der Waals surface area contributed by atoms with Gasteiger partial charge in [0.05, 0.1) is 5.69 Å². The largest absolute Gasteiger partial charge is 0.448 e. The van der Waals surface area contributed by atoms with Crippen LogP contribution in [0.2, 0.25) is 0 Å². The number of nitrogens with zero attached hydrogens (tertiary/aromatic N) is 1. The highest BCUT2D eigenvalue weighted by Gasteiger charge is 2.09. The molecule has 60 valence electrons. The molecule has 0 amide bonds. The summed E-state index contributed by atoms with van der Waals surface area (Å²) in [5.41, 5.74) is 1.20. The van der Waals surface area contributed by atoms with Crippen LogP contribution < -0.4 is 0 Å². The summed E-state index contributed by atoms with van der Waals surface area (Å²) in [4.78, 5) is 4.19. The van der Waals surface area contributed by atoms with Crippen LogP contribution in [0.4, 0.5) is 0 Å². The molecule has 1 aromatic rings. The van der Waals surface area contributed by atoms with E-state index in [4.69, 9.17) is 4.42 Å². The summed E-state index contributed by atoms with van der Waals surface area (Å²) in [5.74, 6) is 1.13. The van der Waals surface area contributed by atoms with Gasteiger partial charge >= 0.3 is 0 Å². The lowest BCUT2D eigenvalue weighted by Gasteiger charge is -2.05. The van der Waals surface area contributed by atoms with Crippen molar-refractivity contribution in [3.05, 3.63) is 17.8 Å². The summed E-state index contributed by atoms with van der Waals surface area (Å²) in [7, 11) is 0. The van der Waals surface area contributed by atoms with E-state index in [1.165, 1.54) is 31.4 Å². The molecule has 0 aromatic carbocycles. The van der Waals surface area contributed by atoms with Gasteiger partial charge in [0.15, 0.2) is 6.39 Å². The maximum absolute atomic E-state index is 5.28. The zero-order valence-corrected chi connectivity index (χ0v) is 6.68. The van der Waals surface area contributed by atoms with Crippen molar-refractivity contribution in [1.82, 2.24) is 4.98 Å². The van der Waals surface area contributed by atoms with Crippen molar-refractivity contribution >= 4 is 0 Å². The lowest BCUT2D eigenvalue weighted by molar-refractivity contribution is 0.477. The fourth-order valence-corrected chi connectivity index (χ4v) is 1.63. The average molecular weight is 151 g/mol. The van der Waals surface area contributed by atoms with Crippen LogP contribution in [0.15, 0.2) is 10.8 Å². The quantitative estimate of drug-likeness (QED) is 0.568. The second kappa shape index (κ2) is 3.07. The van der Waals surface area contributed by atoms with Crippen LogP contribution >= 0.6 is 0 Å². The van der Waals surface area contributed by atoms with Gasteiger partial charge in [0.1, 0.15) is 5.76 Å². The van der Waals surface area contributed by atoms with Gasteiger partial charge in [0, 0.05) is 6.42 Å². The molecule has 1 aromatic heterocycles. The summed E-state index contributed by atoms with van der Waals surface area (Å²) < 4.78 is 5.28. The minimum absolute atomic E-state index is 1.09. The zero-order chi connectivity index (χ0) is 7.52. The SMILES string of the molecule is c1nc2c(o1)CCCCCC2. The van der Waals surface area contributed by atoms with Gasteiger partial charge in [0.2, 0.25) is 0 Å². The number of aryl methyl sites for hydroxylation is 2. The Kier molecular flexibility index (Phi) is 1.93. The molecule has 2 heteroatoms. The molecule has 0 atom stereocenters. The first-order valence-electron chi connectivity index (χ1n) is 4.38. The van der Waals surface area contributed by atoms with Gasteiger partial charge in [-0.15, -0.1) is 0 Å². The van der Waals surface area contributed by atoms with Crippen LogP contribution in [0.3, 0.4) is 0 Å². The Hall–Kier alpha value is -0.790. The van der Waals surface area contributed by atoms with Crippen molar-refractivity contribution in [2.45, 2.75) is 38.5 Å². The van der Waals surface area contributed by atoms with Gasteiger partial charge in [-0.25, -0.2) is 4.98 Å². The summed E-state index contributed by atoms with van der Waals surface area (Å²) >= 11 is 0. The van der Waals surface area contributed by atoms with E-state index in [0.717, 1.165) is 18.6 Å². The lowest BCUT2D eigenvalue weighted by Crippen LogP contribution is -1.96. The molecule has 1 heterocycles. The normalized spacial score (nSPS) is 18.5. The topological polar surface area (TPSA) is 26.0 Å². The van der Waals surface area contributed by atoms with Crippen molar-refractivity contribution in [2.24, 2.45) is 0 Å². The molecule has 1 aliphatic carbocycles. The van der Waals surface area contributed by atoms with Gasteiger partial charge in [-0.2, -0.15) is 0 Å². The molecule has 0 radical (unpaired) electrons. The highest BCUT2D eigenvalue weighted by molar-refractivity contribution is 5.08. The maximum atomic E-state index is 5.28. The molecule has 0 aliphatic heterocycles. The van der Waals surface area contributed by atoms with E-state index in [2.05, 4.69) is 4.98 Å². The molecule has 2 rings (SSSR count). The monoisotopic (exact) mass is 151 g/mol. The molecule has 0 fully saturated rings. The van der Waals surface area contributed by atoms with Gasteiger partial charge < -0.3 is 4.42 Å². The first-order chi connectivity index (χ1) is 5.47. The molecule has 0 bridgehead atoms. The van der Waals surface area contributed by atoms with Crippen LogP contribution in [-0.4, -0.2) is 4.98 Å². The predicted octanol–water partition coefficient (Wildman–Crippen LogP) is 2.33. The average Bonchev–Trinajstić information content (AvgIpc) is 2.35. The fourth-order valence-electron chi connectivity index (χ4n) is 1.63. The second-order valence-electron chi connectivity index (χ2n) is 3.14. The smallest absolute Gasteiger partial charge is 0.181 e. The predicted molar refractivity (Wildman–Crippen MR) is 42.4 cm³/mol. The highest BCUT2D eigenvalue weighted by atomic mass is 16.3. The number of rotatable bonds is 0. The third-order valence-corrected chi connectivity index (χ3v) is 2.29. The van der Waals surface area contributed by atoms with E-state index in [-0.39, 0.29) is 0 Å². The minimum atomic E-state index is 1.09. The number of fused-ring (bicyclic) bond motifs is 1. The van der Waals surface area contributed by atoms with Crippen LogP contribution in [-0.2, 0) is 12.8 Å². The fraction of sp³-hybridized carbons (Fsp3) is 0.667. The van der Waals surface area contributed by atoms with Crippen LogP contribution in [0.5, 0.6) is 0 Å². The molecule has 0 saturated heterocycles. The van der Waals surface area contributed by atoms with Gasteiger partial charge in [-0.05, 0) is 19.3 Å². The van der Waals surface area contributed by atoms with Gasteiger partial charge in [-0.3, -0.25) is 0 Å². The van der Waals surface area contributed by atoms with Crippen LogP contribution in [0.25, 0.3) is 0 Å². The maximum Gasteiger partial charge on any atom is 0.181 e. The van der Waals surface area contributed by atoms with E-state index in [1.807, 2.05) is 0 Å². The van der Waals surface area contributed by atoms with Crippen LogP contribution in [0, 0.1) is 0 Å². The molecule has 1 aliphatic rings. The Labute approximate surface area is 66.6 Å². The summed E-state index contributed by atoms with van der Waals surface area (Å²) in [6.45, 7) is 0. The summed E-state index contributed by atoms with van der Waals surface area (Å²) in [6, 6.07) is 0. The first-order valence-corrected chi connectivity index (χ1v) is 4.38. The van der Waals surface area contributed by atoms with Crippen molar-refractivity contribution < 1.29 is 4.42 Å². The number of hydrogen-bond acceptors (Lipinski definition) is 2. The Balaban J connectivity index is 2.18. The van der Waals surface area contributed by atoms with Crippen molar-refractivity contribution in [2.75, 3.05) is 0 Å². The van der Waals surface area contributed by atoms with Crippen molar-refractivity contribution in [3.63, 3.8) is 0 Å². The van der Waals surface area contributed by atoms with Crippen molar-refractivity contribution in [1.29, 1.82) is 0 Å². The van der Waals surface area contributed by atoms with E-state index in [9.17, 15) is 0 Å². The van der Waals surface area contributed by atoms with E-state index < -0.39 is 0 Å². The molecule has 2 nitrogen and oxygen atoms in total. The lowest BCUT2D eigenvalue weighted by atomic mass is 10.0. The zero-order valence-electron chi connectivity index (χ0n) is 6.68. The third kappa shape index (κ3) is 1.44.